The molecule has 3 heteroatoms. The van der Waals surface area contributed by atoms with E-state index in [0.717, 1.165) is 19.1 Å². The molecule has 0 spiro atoms. The SMILES string of the molecule is CCN(CCNCc1cccs1)C1CCCC1. The molecule has 1 aromatic heterocycles. The van der Waals surface area contributed by atoms with Crippen molar-refractivity contribution in [1.82, 2.24) is 10.2 Å². The second-order valence-corrected chi connectivity index (χ2v) is 5.86. The molecule has 2 rings (SSSR count). The molecule has 96 valence electrons. The van der Waals surface area contributed by atoms with Crippen molar-refractivity contribution in [2.45, 2.75) is 45.2 Å². The van der Waals surface area contributed by atoms with Crippen molar-refractivity contribution in [3.8, 4) is 0 Å². The minimum absolute atomic E-state index is 0.864. The number of hydrogen-bond acceptors (Lipinski definition) is 3. The fraction of sp³-hybridized carbons (Fsp3) is 0.714. The van der Waals surface area contributed by atoms with Gasteiger partial charge in [-0.05, 0) is 30.8 Å². The molecule has 0 saturated heterocycles. The number of thiophene rings is 1. The van der Waals surface area contributed by atoms with Crippen LogP contribution in [0.2, 0.25) is 0 Å². The predicted octanol–water partition coefficient (Wildman–Crippen LogP) is 3.10. The van der Waals surface area contributed by atoms with Crippen LogP contribution >= 0.6 is 11.3 Å². The summed E-state index contributed by atoms with van der Waals surface area (Å²) in [6, 6.07) is 5.19. The Balaban J connectivity index is 1.62. The van der Waals surface area contributed by atoms with Gasteiger partial charge in [0, 0.05) is 30.6 Å². The minimum Gasteiger partial charge on any atom is -0.311 e. The Morgan fingerprint density at radius 2 is 2.24 bits per heavy atom. The van der Waals surface area contributed by atoms with Crippen LogP contribution in [-0.2, 0) is 6.54 Å². The van der Waals surface area contributed by atoms with Gasteiger partial charge in [-0.15, -0.1) is 11.3 Å². The van der Waals surface area contributed by atoms with E-state index in [1.807, 2.05) is 11.3 Å². The number of rotatable bonds is 7. The molecule has 1 saturated carbocycles. The Hall–Kier alpha value is -0.380. The summed E-state index contributed by atoms with van der Waals surface area (Å²) in [5, 5.41) is 5.69. The smallest absolute Gasteiger partial charge is 0.0300 e. The van der Waals surface area contributed by atoms with Gasteiger partial charge in [0.25, 0.3) is 0 Å². The van der Waals surface area contributed by atoms with Gasteiger partial charge in [-0.1, -0.05) is 25.8 Å². The van der Waals surface area contributed by atoms with Crippen LogP contribution in [0.3, 0.4) is 0 Å². The first-order valence-electron chi connectivity index (χ1n) is 6.87. The van der Waals surface area contributed by atoms with Gasteiger partial charge >= 0.3 is 0 Å². The molecule has 0 unspecified atom stereocenters. The van der Waals surface area contributed by atoms with Crippen LogP contribution in [0.25, 0.3) is 0 Å². The van der Waals surface area contributed by atoms with E-state index in [-0.39, 0.29) is 0 Å². The summed E-state index contributed by atoms with van der Waals surface area (Å²) < 4.78 is 0. The van der Waals surface area contributed by atoms with Gasteiger partial charge in [0.2, 0.25) is 0 Å². The molecule has 1 aliphatic carbocycles. The van der Waals surface area contributed by atoms with E-state index in [1.54, 1.807) is 0 Å². The molecular formula is C14H24N2S. The summed E-state index contributed by atoms with van der Waals surface area (Å²) in [6.07, 6.45) is 5.70. The molecule has 1 aromatic rings. The average Bonchev–Trinajstić information content (AvgIpc) is 3.01. The maximum absolute atomic E-state index is 3.54. The first-order chi connectivity index (χ1) is 8.40. The van der Waals surface area contributed by atoms with Crippen LogP contribution in [0, 0.1) is 0 Å². The van der Waals surface area contributed by atoms with Crippen molar-refractivity contribution < 1.29 is 0 Å². The quantitative estimate of drug-likeness (QED) is 0.750. The summed E-state index contributed by atoms with van der Waals surface area (Å²) >= 11 is 1.84. The summed E-state index contributed by atoms with van der Waals surface area (Å²) in [4.78, 5) is 4.09. The van der Waals surface area contributed by atoms with E-state index in [0.29, 0.717) is 0 Å². The van der Waals surface area contributed by atoms with Crippen molar-refractivity contribution in [2.24, 2.45) is 0 Å². The highest BCUT2D eigenvalue weighted by molar-refractivity contribution is 7.09. The zero-order valence-corrected chi connectivity index (χ0v) is 11.6. The van der Waals surface area contributed by atoms with Crippen LogP contribution in [-0.4, -0.2) is 30.6 Å². The number of nitrogens with one attached hydrogen (secondary N) is 1. The van der Waals surface area contributed by atoms with Gasteiger partial charge in [0.05, 0.1) is 0 Å². The maximum Gasteiger partial charge on any atom is 0.0300 e. The van der Waals surface area contributed by atoms with E-state index in [4.69, 9.17) is 0 Å². The van der Waals surface area contributed by atoms with Crippen LogP contribution in [0.5, 0.6) is 0 Å². The molecule has 2 nitrogen and oxygen atoms in total. The molecule has 0 aromatic carbocycles. The lowest BCUT2D eigenvalue weighted by Gasteiger charge is -2.27. The Labute approximate surface area is 109 Å². The second-order valence-electron chi connectivity index (χ2n) is 4.82. The maximum atomic E-state index is 3.54. The largest absolute Gasteiger partial charge is 0.311 e. The van der Waals surface area contributed by atoms with Crippen molar-refractivity contribution >= 4 is 11.3 Å². The van der Waals surface area contributed by atoms with E-state index in [9.17, 15) is 0 Å². The molecule has 0 bridgehead atoms. The van der Waals surface area contributed by atoms with Crippen molar-refractivity contribution in [3.63, 3.8) is 0 Å². The molecule has 1 heterocycles. The van der Waals surface area contributed by atoms with E-state index < -0.39 is 0 Å². The summed E-state index contributed by atoms with van der Waals surface area (Å²) in [5.41, 5.74) is 0. The van der Waals surface area contributed by atoms with Crippen molar-refractivity contribution in [1.29, 1.82) is 0 Å². The lowest BCUT2D eigenvalue weighted by molar-refractivity contribution is 0.209. The number of nitrogens with zero attached hydrogens (tertiary/aromatic N) is 1. The van der Waals surface area contributed by atoms with Gasteiger partial charge < -0.3 is 5.32 Å². The van der Waals surface area contributed by atoms with Crippen LogP contribution < -0.4 is 5.32 Å². The lowest BCUT2D eigenvalue weighted by Crippen LogP contribution is -2.38. The molecular weight excluding hydrogens is 228 g/mol. The van der Waals surface area contributed by atoms with Gasteiger partial charge in [-0.2, -0.15) is 0 Å². The lowest BCUT2D eigenvalue weighted by atomic mass is 10.2. The monoisotopic (exact) mass is 252 g/mol. The third-order valence-corrected chi connectivity index (χ3v) is 4.58. The molecule has 0 atom stereocenters. The predicted molar refractivity (Wildman–Crippen MR) is 75.5 cm³/mol. The molecule has 1 N–H and O–H groups in total. The Morgan fingerprint density at radius 1 is 1.41 bits per heavy atom. The number of hydrogen-bond donors (Lipinski definition) is 1. The Kier molecular flexibility index (Phi) is 5.49. The normalized spacial score (nSPS) is 17.1. The Morgan fingerprint density at radius 3 is 2.88 bits per heavy atom. The summed E-state index contributed by atoms with van der Waals surface area (Å²) in [7, 11) is 0. The first-order valence-corrected chi connectivity index (χ1v) is 7.75. The summed E-state index contributed by atoms with van der Waals surface area (Å²) in [5.74, 6) is 0. The molecule has 17 heavy (non-hydrogen) atoms. The van der Waals surface area contributed by atoms with Gasteiger partial charge in [-0.25, -0.2) is 0 Å². The van der Waals surface area contributed by atoms with Gasteiger partial charge in [0.15, 0.2) is 0 Å². The van der Waals surface area contributed by atoms with Crippen LogP contribution in [0.1, 0.15) is 37.5 Å². The minimum atomic E-state index is 0.864. The van der Waals surface area contributed by atoms with E-state index >= 15 is 0 Å². The molecule has 1 fully saturated rings. The third-order valence-electron chi connectivity index (χ3n) is 3.70. The van der Waals surface area contributed by atoms with Gasteiger partial charge in [0.1, 0.15) is 0 Å². The second kappa shape index (κ2) is 7.14. The fourth-order valence-electron chi connectivity index (χ4n) is 2.72. The highest BCUT2D eigenvalue weighted by atomic mass is 32.1. The van der Waals surface area contributed by atoms with Crippen molar-refractivity contribution in [3.05, 3.63) is 22.4 Å². The molecule has 0 aliphatic heterocycles. The number of likely N-dealkylation sites (N-methyl/N-ethyl adjacent to an activating group) is 1. The van der Waals surface area contributed by atoms with E-state index in [2.05, 4.69) is 34.7 Å². The fourth-order valence-corrected chi connectivity index (χ4v) is 3.39. The Bertz CT molecular complexity index is 291. The topological polar surface area (TPSA) is 15.3 Å². The van der Waals surface area contributed by atoms with E-state index in [1.165, 1.54) is 43.6 Å². The zero-order valence-electron chi connectivity index (χ0n) is 10.8. The third kappa shape index (κ3) is 4.09. The summed E-state index contributed by atoms with van der Waals surface area (Å²) in [6.45, 7) is 6.83. The van der Waals surface area contributed by atoms with Crippen molar-refractivity contribution in [2.75, 3.05) is 19.6 Å². The highest BCUT2D eigenvalue weighted by Gasteiger charge is 2.20. The van der Waals surface area contributed by atoms with Crippen LogP contribution in [0.4, 0.5) is 0 Å². The molecule has 0 amide bonds. The first kappa shape index (κ1) is 13.1. The standard InChI is InChI=1S/C14H24N2S/c1-2-16(13-6-3-4-7-13)10-9-15-12-14-8-5-11-17-14/h5,8,11,13,15H,2-4,6-7,9-10,12H2,1H3. The zero-order chi connectivity index (χ0) is 11.9. The highest BCUT2D eigenvalue weighted by Crippen LogP contribution is 2.22. The van der Waals surface area contributed by atoms with Gasteiger partial charge in [-0.3, -0.25) is 4.90 Å². The van der Waals surface area contributed by atoms with Crippen LogP contribution in [0.15, 0.2) is 17.5 Å². The molecule has 0 radical (unpaired) electrons. The molecule has 1 aliphatic rings. The average molecular weight is 252 g/mol.